The fraction of sp³-hybridized carbons (Fsp3) is 0.429. The van der Waals surface area contributed by atoms with E-state index >= 15 is 0 Å². The lowest BCUT2D eigenvalue weighted by atomic mass is 10.3. The van der Waals surface area contributed by atoms with E-state index in [0.29, 0.717) is 6.61 Å². The maximum atomic E-state index is 10.7. The Bertz CT molecular complexity index is 307. The summed E-state index contributed by atoms with van der Waals surface area (Å²) in [6.07, 6.45) is 3.16. The number of carbonyl (C=O) groups excluding carboxylic acids is 1. The smallest absolute Gasteiger partial charge is 0.407 e. The number of hydrogen-bond donors (Lipinski definition) is 1. The van der Waals surface area contributed by atoms with Crippen molar-refractivity contribution in [2.45, 2.75) is 6.04 Å². The van der Waals surface area contributed by atoms with E-state index in [9.17, 15) is 4.79 Å². The van der Waals surface area contributed by atoms with Crippen LogP contribution in [-0.4, -0.2) is 22.3 Å². The Morgan fingerprint density at radius 3 is 3.17 bits per heavy atom. The summed E-state index contributed by atoms with van der Waals surface area (Å²) in [7, 11) is 1.88. The Kier molecular flexibility index (Phi) is 1.49. The fourth-order valence-corrected chi connectivity index (χ4v) is 1.24. The summed E-state index contributed by atoms with van der Waals surface area (Å²) in [5.74, 6) is 0.820. The van der Waals surface area contributed by atoms with Crippen LogP contribution in [0.15, 0.2) is 12.4 Å². The van der Waals surface area contributed by atoms with Gasteiger partial charge in [0, 0.05) is 19.4 Å². The molecule has 0 spiro atoms. The molecule has 1 saturated heterocycles. The van der Waals surface area contributed by atoms with Crippen LogP contribution in [0.3, 0.4) is 0 Å². The maximum Gasteiger partial charge on any atom is 0.407 e. The minimum Gasteiger partial charge on any atom is -0.447 e. The lowest BCUT2D eigenvalue weighted by Gasteiger charge is -2.05. The van der Waals surface area contributed by atoms with Crippen molar-refractivity contribution in [2.75, 3.05) is 6.61 Å². The maximum absolute atomic E-state index is 10.7. The van der Waals surface area contributed by atoms with Gasteiger partial charge in [-0.05, 0) is 0 Å². The third-order valence-electron chi connectivity index (χ3n) is 1.84. The first-order valence-corrected chi connectivity index (χ1v) is 3.68. The van der Waals surface area contributed by atoms with Crippen LogP contribution in [0.5, 0.6) is 0 Å². The monoisotopic (exact) mass is 167 g/mol. The highest BCUT2D eigenvalue weighted by Gasteiger charge is 2.26. The van der Waals surface area contributed by atoms with Crippen molar-refractivity contribution in [3.63, 3.8) is 0 Å². The Hall–Kier alpha value is -1.52. The molecule has 0 bridgehead atoms. The van der Waals surface area contributed by atoms with Gasteiger partial charge in [-0.3, -0.25) is 0 Å². The summed E-state index contributed by atoms with van der Waals surface area (Å²) < 4.78 is 6.60. The first kappa shape index (κ1) is 7.15. The van der Waals surface area contributed by atoms with Crippen molar-refractivity contribution in [2.24, 2.45) is 7.05 Å². The van der Waals surface area contributed by atoms with Crippen molar-refractivity contribution in [3.8, 4) is 0 Å². The zero-order valence-corrected chi connectivity index (χ0v) is 6.65. The number of amides is 1. The lowest BCUT2D eigenvalue weighted by Crippen LogP contribution is -2.21. The summed E-state index contributed by atoms with van der Waals surface area (Å²) in [4.78, 5) is 14.8. The van der Waals surface area contributed by atoms with E-state index in [2.05, 4.69) is 10.3 Å². The van der Waals surface area contributed by atoms with Gasteiger partial charge in [-0.15, -0.1) is 0 Å². The number of hydrogen-bond acceptors (Lipinski definition) is 3. The van der Waals surface area contributed by atoms with Crippen LogP contribution >= 0.6 is 0 Å². The summed E-state index contributed by atoms with van der Waals surface area (Å²) >= 11 is 0. The number of ether oxygens (including phenoxy) is 1. The summed E-state index contributed by atoms with van der Waals surface area (Å²) in [5.41, 5.74) is 0. The lowest BCUT2D eigenvalue weighted by molar-refractivity contribution is 0.176. The SMILES string of the molecule is Cn1ccnc1C1COC(=O)N1. The number of nitrogens with one attached hydrogen (secondary N) is 1. The molecule has 0 aliphatic carbocycles. The van der Waals surface area contributed by atoms with Crippen molar-refractivity contribution in [3.05, 3.63) is 18.2 Å². The average Bonchev–Trinajstić information content (AvgIpc) is 2.58. The average molecular weight is 167 g/mol. The highest BCUT2D eigenvalue weighted by atomic mass is 16.6. The molecule has 1 aromatic rings. The number of imidazole rings is 1. The van der Waals surface area contributed by atoms with Crippen LogP contribution in [0, 0.1) is 0 Å². The predicted octanol–water partition coefficient (Wildman–Crippen LogP) is 0.201. The normalized spacial score (nSPS) is 22.1. The van der Waals surface area contributed by atoms with Crippen molar-refractivity contribution < 1.29 is 9.53 Å². The molecule has 5 heteroatoms. The number of aromatic nitrogens is 2. The van der Waals surface area contributed by atoms with Gasteiger partial charge in [-0.1, -0.05) is 0 Å². The Balaban J connectivity index is 2.21. The third-order valence-corrected chi connectivity index (χ3v) is 1.84. The Labute approximate surface area is 69.3 Å². The number of carbonyl (C=O) groups is 1. The molecule has 1 aromatic heterocycles. The zero-order chi connectivity index (χ0) is 8.55. The van der Waals surface area contributed by atoms with Gasteiger partial charge in [0.1, 0.15) is 18.5 Å². The van der Waals surface area contributed by atoms with E-state index in [0.717, 1.165) is 5.82 Å². The van der Waals surface area contributed by atoms with Gasteiger partial charge in [0.15, 0.2) is 0 Å². The minimum absolute atomic E-state index is 0.0995. The molecule has 12 heavy (non-hydrogen) atoms. The second-order valence-electron chi connectivity index (χ2n) is 2.69. The minimum atomic E-state index is -0.372. The molecule has 2 heterocycles. The molecular weight excluding hydrogens is 158 g/mol. The molecule has 1 aliphatic rings. The van der Waals surface area contributed by atoms with Crippen LogP contribution in [-0.2, 0) is 11.8 Å². The van der Waals surface area contributed by atoms with Crippen LogP contribution in [0.1, 0.15) is 11.9 Å². The fourth-order valence-electron chi connectivity index (χ4n) is 1.24. The standard InChI is InChI=1S/C7H9N3O2/c1-10-3-2-8-6(10)5-4-12-7(11)9-5/h2-3,5H,4H2,1H3,(H,9,11). The number of aryl methyl sites for hydroxylation is 1. The van der Waals surface area contributed by atoms with Crippen molar-refractivity contribution in [1.29, 1.82) is 0 Å². The molecule has 1 amide bonds. The number of rotatable bonds is 1. The quantitative estimate of drug-likeness (QED) is 0.650. The van der Waals surface area contributed by atoms with Crippen molar-refractivity contribution >= 4 is 6.09 Å². The summed E-state index contributed by atoms with van der Waals surface area (Å²) in [5, 5.41) is 2.65. The molecule has 1 unspecified atom stereocenters. The van der Waals surface area contributed by atoms with E-state index in [1.807, 2.05) is 17.8 Å². The third kappa shape index (κ3) is 1.03. The second kappa shape index (κ2) is 2.51. The molecule has 1 atom stereocenters. The Morgan fingerprint density at radius 1 is 1.83 bits per heavy atom. The first-order valence-electron chi connectivity index (χ1n) is 3.68. The van der Waals surface area contributed by atoms with Gasteiger partial charge < -0.3 is 14.6 Å². The molecule has 0 radical (unpaired) electrons. The molecule has 2 rings (SSSR count). The predicted molar refractivity (Wildman–Crippen MR) is 40.4 cm³/mol. The number of cyclic esters (lactones) is 1. The molecule has 1 N–H and O–H groups in total. The Morgan fingerprint density at radius 2 is 2.67 bits per heavy atom. The zero-order valence-electron chi connectivity index (χ0n) is 6.65. The van der Waals surface area contributed by atoms with Crippen molar-refractivity contribution in [1.82, 2.24) is 14.9 Å². The molecule has 5 nitrogen and oxygen atoms in total. The van der Waals surface area contributed by atoms with Crippen LogP contribution in [0.2, 0.25) is 0 Å². The topological polar surface area (TPSA) is 56.2 Å². The summed E-state index contributed by atoms with van der Waals surface area (Å²) in [6.45, 7) is 0.365. The van der Waals surface area contributed by atoms with Gasteiger partial charge >= 0.3 is 6.09 Å². The highest BCUT2D eigenvalue weighted by Crippen LogP contribution is 2.14. The number of alkyl carbamates (subject to hydrolysis) is 1. The highest BCUT2D eigenvalue weighted by molar-refractivity contribution is 5.69. The van der Waals surface area contributed by atoms with Gasteiger partial charge in [0.25, 0.3) is 0 Å². The van der Waals surface area contributed by atoms with Crippen LogP contribution in [0.4, 0.5) is 4.79 Å². The molecule has 1 aliphatic heterocycles. The van der Waals surface area contributed by atoms with E-state index in [-0.39, 0.29) is 12.1 Å². The van der Waals surface area contributed by atoms with Crippen LogP contribution < -0.4 is 5.32 Å². The van der Waals surface area contributed by atoms with Gasteiger partial charge in [-0.2, -0.15) is 0 Å². The van der Waals surface area contributed by atoms with Crippen LogP contribution in [0.25, 0.3) is 0 Å². The van der Waals surface area contributed by atoms with E-state index in [1.54, 1.807) is 6.20 Å². The second-order valence-corrected chi connectivity index (χ2v) is 2.69. The summed E-state index contributed by atoms with van der Waals surface area (Å²) in [6, 6.07) is -0.0995. The van der Waals surface area contributed by atoms with E-state index in [1.165, 1.54) is 0 Å². The first-order chi connectivity index (χ1) is 5.77. The largest absolute Gasteiger partial charge is 0.447 e. The molecule has 0 aromatic carbocycles. The van der Waals surface area contributed by atoms with E-state index in [4.69, 9.17) is 4.74 Å². The number of nitrogens with zero attached hydrogens (tertiary/aromatic N) is 2. The van der Waals surface area contributed by atoms with Gasteiger partial charge in [0.05, 0.1) is 0 Å². The molecule has 0 saturated carbocycles. The molecule has 64 valence electrons. The van der Waals surface area contributed by atoms with E-state index < -0.39 is 0 Å². The van der Waals surface area contributed by atoms with Gasteiger partial charge in [0.2, 0.25) is 0 Å². The molecular formula is C7H9N3O2. The van der Waals surface area contributed by atoms with Gasteiger partial charge in [-0.25, -0.2) is 9.78 Å². The molecule has 1 fully saturated rings.